The van der Waals surface area contributed by atoms with Gasteiger partial charge in [0.25, 0.3) is 5.91 Å². The van der Waals surface area contributed by atoms with E-state index in [0.29, 0.717) is 49.4 Å². The Morgan fingerprint density at radius 2 is 1.71 bits per heavy atom. The van der Waals surface area contributed by atoms with E-state index in [4.69, 9.17) is 11.6 Å². The number of rotatable bonds is 5. The quantitative estimate of drug-likeness (QED) is 0.719. The Balaban J connectivity index is 1.36. The van der Waals surface area contributed by atoms with Gasteiger partial charge in [-0.3, -0.25) is 14.5 Å². The highest BCUT2D eigenvalue weighted by molar-refractivity contribution is 6.33. The fraction of sp³-hybridized carbons (Fsp3) is 0.455. The molecule has 0 atom stereocenters. The SMILES string of the molecule is Cc1cc(C(=O)CN2CCN(C(=O)c3ccccc3Cl)CC2)c(C)n1C1CC1. The fourth-order valence-corrected chi connectivity index (χ4v) is 4.37. The number of benzene rings is 1. The average Bonchev–Trinajstić information content (AvgIpc) is 3.47. The molecule has 5 nitrogen and oxygen atoms in total. The third kappa shape index (κ3) is 3.74. The smallest absolute Gasteiger partial charge is 0.255 e. The van der Waals surface area contributed by atoms with Gasteiger partial charge in [-0.2, -0.15) is 0 Å². The van der Waals surface area contributed by atoms with E-state index in [9.17, 15) is 9.59 Å². The van der Waals surface area contributed by atoms with Gasteiger partial charge < -0.3 is 9.47 Å². The topological polar surface area (TPSA) is 45.6 Å². The van der Waals surface area contributed by atoms with Gasteiger partial charge in [-0.05, 0) is 44.9 Å². The second kappa shape index (κ2) is 7.72. The number of carbonyl (C=O) groups excluding carboxylic acids is 2. The van der Waals surface area contributed by atoms with Gasteiger partial charge in [0.15, 0.2) is 5.78 Å². The van der Waals surface area contributed by atoms with Crippen molar-refractivity contribution in [3.8, 4) is 0 Å². The van der Waals surface area contributed by atoms with Crippen molar-refractivity contribution < 1.29 is 9.59 Å². The number of carbonyl (C=O) groups is 2. The van der Waals surface area contributed by atoms with Crippen molar-refractivity contribution in [2.45, 2.75) is 32.7 Å². The molecule has 1 saturated carbocycles. The molecule has 1 aliphatic heterocycles. The summed E-state index contributed by atoms with van der Waals surface area (Å²) in [6.07, 6.45) is 2.43. The van der Waals surface area contributed by atoms with Crippen molar-refractivity contribution in [2.24, 2.45) is 0 Å². The van der Waals surface area contributed by atoms with Crippen LogP contribution in [0.3, 0.4) is 0 Å². The molecule has 1 amide bonds. The van der Waals surface area contributed by atoms with Crippen LogP contribution in [0.5, 0.6) is 0 Å². The van der Waals surface area contributed by atoms with Crippen molar-refractivity contribution in [2.75, 3.05) is 32.7 Å². The molecule has 2 heterocycles. The number of piperazine rings is 1. The van der Waals surface area contributed by atoms with Crippen molar-refractivity contribution in [3.63, 3.8) is 0 Å². The number of aromatic nitrogens is 1. The standard InChI is InChI=1S/C22H26ClN3O2/c1-15-13-19(16(2)26(15)17-7-8-17)21(27)14-24-9-11-25(12-10-24)22(28)18-5-3-4-6-20(18)23/h3-6,13,17H,7-12,14H2,1-2H3. The van der Waals surface area contributed by atoms with Crippen LogP contribution in [0.15, 0.2) is 30.3 Å². The molecule has 28 heavy (non-hydrogen) atoms. The molecule has 2 fully saturated rings. The van der Waals surface area contributed by atoms with Crippen LogP contribution in [0.25, 0.3) is 0 Å². The third-order valence-corrected chi connectivity index (χ3v) is 6.16. The van der Waals surface area contributed by atoms with Crippen LogP contribution in [0, 0.1) is 13.8 Å². The maximum Gasteiger partial charge on any atom is 0.255 e. The van der Waals surface area contributed by atoms with E-state index < -0.39 is 0 Å². The predicted molar refractivity (Wildman–Crippen MR) is 110 cm³/mol. The van der Waals surface area contributed by atoms with Crippen molar-refractivity contribution in [1.29, 1.82) is 0 Å². The number of Topliss-reactive ketones (excluding diaryl/α,β-unsaturated/α-hetero) is 1. The molecule has 0 radical (unpaired) electrons. The molecule has 4 rings (SSSR count). The summed E-state index contributed by atoms with van der Waals surface area (Å²) in [6, 6.07) is 9.76. The average molecular weight is 400 g/mol. The van der Waals surface area contributed by atoms with E-state index in [-0.39, 0.29) is 11.7 Å². The number of halogens is 1. The molecule has 2 aromatic rings. The van der Waals surface area contributed by atoms with E-state index in [1.165, 1.54) is 18.5 Å². The van der Waals surface area contributed by atoms with Gasteiger partial charge >= 0.3 is 0 Å². The number of hydrogen-bond acceptors (Lipinski definition) is 3. The van der Waals surface area contributed by atoms with E-state index in [0.717, 1.165) is 11.3 Å². The summed E-state index contributed by atoms with van der Waals surface area (Å²) in [4.78, 5) is 29.5. The number of amides is 1. The zero-order valence-electron chi connectivity index (χ0n) is 16.4. The molecule has 0 spiro atoms. The molecule has 2 aliphatic rings. The van der Waals surface area contributed by atoms with Crippen LogP contribution < -0.4 is 0 Å². The van der Waals surface area contributed by atoms with E-state index in [1.54, 1.807) is 12.1 Å². The van der Waals surface area contributed by atoms with Crippen LogP contribution in [-0.4, -0.2) is 58.8 Å². The molecule has 1 aromatic carbocycles. The fourth-order valence-electron chi connectivity index (χ4n) is 4.16. The van der Waals surface area contributed by atoms with Gasteiger partial charge in [-0.1, -0.05) is 23.7 Å². The number of nitrogens with zero attached hydrogens (tertiary/aromatic N) is 3. The molecular formula is C22H26ClN3O2. The third-order valence-electron chi connectivity index (χ3n) is 5.83. The molecule has 6 heteroatoms. The zero-order valence-corrected chi connectivity index (χ0v) is 17.2. The Morgan fingerprint density at radius 3 is 2.36 bits per heavy atom. The van der Waals surface area contributed by atoms with Crippen molar-refractivity contribution in [3.05, 3.63) is 57.9 Å². The summed E-state index contributed by atoms with van der Waals surface area (Å²) >= 11 is 6.16. The first-order chi connectivity index (χ1) is 13.5. The first-order valence-corrected chi connectivity index (χ1v) is 10.3. The summed E-state index contributed by atoms with van der Waals surface area (Å²) < 4.78 is 2.31. The minimum absolute atomic E-state index is 0.0374. The highest BCUT2D eigenvalue weighted by Crippen LogP contribution is 2.38. The monoisotopic (exact) mass is 399 g/mol. The number of aryl methyl sites for hydroxylation is 1. The summed E-state index contributed by atoms with van der Waals surface area (Å²) in [5.41, 5.74) is 3.66. The summed E-state index contributed by atoms with van der Waals surface area (Å²) in [5, 5.41) is 0.483. The first kappa shape index (κ1) is 19.2. The number of ketones is 1. The lowest BCUT2D eigenvalue weighted by atomic mass is 10.1. The van der Waals surface area contributed by atoms with E-state index in [1.807, 2.05) is 23.1 Å². The van der Waals surface area contributed by atoms with Crippen LogP contribution in [0.1, 0.15) is 51.0 Å². The summed E-state index contributed by atoms with van der Waals surface area (Å²) in [5.74, 6) is 0.135. The van der Waals surface area contributed by atoms with Crippen LogP contribution in [0.4, 0.5) is 0 Å². The minimum Gasteiger partial charge on any atom is -0.345 e. The lowest BCUT2D eigenvalue weighted by molar-refractivity contribution is 0.0624. The Bertz CT molecular complexity index is 909. The molecule has 1 aliphatic carbocycles. The molecule has 0 unspecified atom stereocenters. The van der Waals surface area contributed by atoms with Crippen LogP contribution >= 0.6 is 11.6 Å². The van der Waals surface area contributed by atoms with E-state index in [2.05, 4.69) is 23.3 Å². The second-order valence-electron chi connectivity index (χ2n) is 7.86. The van der Waals surface area contributed by atoms with Gasteiger partial charge in [0.2, 0.25) is 0 Å². The number of hydrogen-bond donors (Lipinski definition) is 0. The molecular weight excluding hydrogens is 374 g/mol. The van der Waals surface area contributed by atoms with Gasteiger partial charge in [0.1, 0.15) is 0 Å². The molecule has 0 N–H and O–H groups in total. The maximum absolute atomic E-state index is 12.9. The van der Waals surface area contributed by atoms with Gasteiger partial charge in [0, 0.05) is 49.2 Å². The highest BCUT2D eigenvalue weighted by atomic mass is 35.5. The Morgan fingerprint density at radius 1 is 1.04 bits per heavy atom. The second-order valence-corrected chi connectivity index (χ2v) is 8.26. The van der Waals surface area contributed by atoms with Crippen molar-refractivity contribution >= 4 is 23.3 Å². The van der Waals surface area contributed by atoms with Gasteiger partial charge in [0.05, 0.1) is 17.1 Å². The van der Waals surface area contributed by atoms with E-state index >= 15 is 0 Å². The highest BCUT2D eigenvalue weighted by Gasteiger charge is 2.29. The largest absolute Gasteiger partial charge is 0.345 e. The minimum atomic E-state index is -0.0374. The van der Waals surface area contributed by atoms with Crippen molar-refractivity contribution in [1.82, 2.24) is 14.4 Å². The van der Waals surface area contributed by atoms with Gasteiger partial charge in [-0.25, -0.2) is 0 Å². The van der Waals surface area contributed by atoms with Crippen LogP contribution in [-0.2, 0) is 0 Å². The molecule has 1 saturated heterocycles. The summed E-state index contributed by atoms with van der Waals surface area (Å²) in [6.45, 7) is 7.16. The van der Waals surface area contributed by atoms with Crippen LogP contribution in [0.2, 0.25) is 5.02 Å². The summed E-state index contributed by atoms with van der Waals surface area (Å²) in [7, 11) is 0. The lowest BCUT2D eigenvalue weighted by Crippen LogP contribution is -2.50. The Kier molecular flexibility index (Phi) is 5.30. The maximum atomic E-state index is 12.9. The first-order valence-electron chi connectivity index (χ1n) is 9.93. The molecule has 0 bridgehead atoms. The Hall–Kier alpha value is -2.11. The van der Waals surface area contributed by atoms with Gasteiger partial charge in [-0.15, -0.1) is 0 Å². The molecule has 148 valence electrons. The Labute approximate surface area is 170 Å². The molecule has 1 aromatic heterocycles. The predicted octanol–water partition coefficient (Wildman–Crippen LogP) is 3.73. The zero-order chi connectivity index (χ0) is 19.8. The normalized spacial score (nSPS) is 17.8. The lowest BCUT2D eigenvalue weighted by Gasteiger charge is -2.34.